The zero-order valence-corrected chi connectivity index (χ0v) is 12.4. The van der Waals surface area contributed by atoms with E-state index in [0.717, 1.165) is 11.6 Å². The zero-order chi connectivity index (χ0) is 15.5. The summed E-state index contributed by atoms with van der Waals surface area (Å²) in [5.74, 6) is 0. The highest BCUT2D eigenvalue weighted by molar-refractivity contribution is 7.98. The van der Waals surface area contributed by atoms with E-state index < -0.39 is 11.9 Å². The average Bonchev–Trinajstić information content (AvgIpc) is 2.47. The monoisotopic (exact) mass is 312 g/mol. The number of rotatable bonds is 4. The Balaban J connectivity index is 2.06. The van der Waals surface area contributed by atoms with Gasteiger partial charge in [0.2, 0.25) is 0 Å². The summed E-state index contributed by atoms with van der Waals surface area (Å²) in [7, 11) is 0. The summed E-state index contributed by atoms with van der Waals surface area (Å²) in [6, 6.07) is 10.4. The van der Waals surface area contributed by atoms with Crippen molar-refractivity contribution >= 4 is 17.4 Å². The van der Waals surface area contributed by atoms with Crippen LogP contribution in [0.4, 0.5) is 18.9 Å². The maximum atomic E-state index is 12.4. The number of benzene rings is 1. The minimum atomic E-state index is -4.40. The Morgan fingerprint density at radius 3 is 2.24 bits per heavy atom. The van der Waals surface area contributed by atoms with Gasteiger partial charge in [0, 0.05) is 10.9 Å². The van der Waals surface area contributed by atoms with Gasteiger partial charge in [0.05, 0.1) is 11.9 Å². The van der Waals surface area contributed by atoms with Crippen LogP contribution in [-0.4, -0.2) is 11.2 Å². The molecule has 21 heavy (non-hydrogen) atoms. The van der Waals surface area contributed by atoms with E-state index in [-0.39, 0.29) is 6.04 Å². The Morgan fingerprint density at radius 2 is 1.76 bits per heavy atom. The van der Waals surface area contributed by atoms with E-state index in [9.17, 15) is 13.2 Å². The zero-order valence-electron chi connectivity index (χ0n) is 11.6. The number of pyridine rings is 1. The molecule has 0 saturated heterocycles. The Hall–Kier alpha value is -1.69. The van der Waals surface area contributed by atoms with Crippen molar-refractivity contribution in [2.45, 2.75) is 24.0 Å². The highest BCUT2D eigenvalue weighted by Crippen LogP contribution is 2.28. The maximum absolute atomic E-state index is 12.4. The Kier molecular flexibility index (Phi) is 4.77. The second kappa shape index (κ2) is 6.39. The van der Waals surface area contributed by atoms with E-state index in [1.54, 1.807) is 11.8 Å². The predicted molar refractivity (Wildman–Crippen MR) is 79.5 cm³/mol. The number of aromatic nitrogens is 1. The van der Waals surface area contributed by atoms with Crippen LogP contribution in [0.2, 0.25) is 0 Å². The van der Waals surface area contributed by atoms with Crippen molar-refractivity contribution < 1.29 is 13.2 Å². The SMILES string of the molecule is CSc1ccc(C(C)Nc2ccc(C(F)(F)F)nc2)cc1. The molecule has 0 radical (unpaired) electrons. The van der Waals surface area contributed by atoms with Gasteiger partial charge >= 0.3 is 6.18 Å². The Bertz CT molecular complexity index is 579. The molecule has 1 aromatic carbocycles. The fourth-order valence-electron chi connectivity index (χ4n) is 1.87. The first-order chi connectivity index (χ1) is 9.90. The van der Waals surface area contributed by atoms with Crippen molar-refractivity contribution in [3.05, 3.63) is 53.9 Å². The first kappa shape index (κ1) is 15.7. The highest BCUT2D eigenvalue weighted by Gasteiger charge is 2.32. The minimum Gasteiger partial charge on any atom is -0.377 e. The number of anilines is 1. The smallest absolute Gasteiger partial charge is 0.377 e. The molecular formula is C15H15F3N2S. The highest BCUT2D eigenvalue weighted by atomic mass is 32.2. The molecule has 1 unspecified atom stereocenters. The van der Waals surface area contributed by atoms with Crippen LogP contribution in [0.5, 0.6) is 0 Å². The molecule has 0 amide bonds. The number of halogens is 3. The molecule has 0 aliphatic heterocycles. The topological polar surface area (TPSA) is 24.9 Å². The lowest BCUT2D eigenvalue weighted by Crippen LogP contribution is -2.10. The second-order valence-electron chi connectivity index (χ2n) is 4.57. The molecule has 112 valence electrons. The van der Waals surface area contributed by atoms with Crippen LogP contribution in [0.1, 0.15) is 24.2 Å². The molecule has 0 spiro atoms. The largest absolute Gasteiger partial charge is 0.433 e. The third-order valence-corrected chi connectivity index (χ3v) is 3.80. The van der Waals surface area contributed by atoms with Gasteiger partial charge in [-0.25, -0.2) is 4.98 Å². The predicted octanol–water partition coefficient (Wildman–Crippen LogP) is 5.00. The van der Waals surface area contributed by atoms with E-state index in [4.69, 9.17) is 0 Å². The standard InChI is InChI=1S/C15H15F3N2S/c1-10(11-3-6-13(21-2)7-4-11)20-12-5-8-14(19-9-12)15(16,17)18/h3-10,20H,1-2H3. The Morgan fingerprint density at radius 1 is 1.10 bits per heavy atom. The molecule has 1 heterocycles. The minimum absolute atomic E-state index is 0.0144. The van der Waals surface area contributed by atoms with E-state index in [1.807, 2.05) is 37.4 Å². The maximum Gasteiger partial charge on any atom is 0.433 e. The Labute approximate surface area is 125 Å². The number of nitrogens with zero attached hydrogens (tertiary/aromatic N) is 1. The summed E-state index contributed by atoms with van der Waals surface area (Å²) in [5, 5.41) is 3.14. The number of nitrogens with one attached hydrogen (secondary N) is 1. The number of hydrogen-bond acceptors (Lipinski definition) is 3. The first-order valence-corrected chi connectivity index (χ1v) is 7.56. The van der Waals surface area contributed by atoms with Crippen molar-refractivity contribution in [1.82, 2.24) is 4.98 Å². The third kappa shape index (κ3) is 4.14. The van der Waals surface area contributed by atoms with Crippen molar-refractivity contribution in [1.29, 1.82) is 0 Å². The van der Waals surface area contributed by atoms with Crippen LogP contribution in [0.3, 0.4) is 0 Å². The third-order valence-electron chi connectivity index (χ3n) is 3.05. The van der Waals surface area contributed by atoms with Gasteiger partial charge in [-0.05, 0) is 43.0 Å². The van der Waals surface area contributed by atoms with Crippen LogP contribution in [0.25, 0.3) is 0 Å². The van der Waals surface area contributed by atoms with Crippen LogP contribution >= 0.6 is 11.8 Å². The number of alkyl halides is 3. The summed E-state index contributed by atoms with van der Waals surface area (Å²) < 4.78 is 37.3. The van der Waals surface area contributed by atoms with Gasteiger partial charge < -0.3 is 5.32 Å². The van der Waals surface area contributed by atoms with Gasteiger partial charge in [0.25, 0.3) is 0 Å². The normalized spacial score (nSPS) is 13.0. The van der Waals surface area contributed by atoms with Gasteiger partial charge in [0.15, 0.2) is 0 Å². The van der Waals surface area contributed by atoms with Gasteiger partial charge in [-0.3, -0.25) is 0 Å². The fourth-order valence-corrected chi connectivity index (χ4v) is 2.28. The molecule has 0 aliphatic rings. The van der Waals surface area contributed by atoms with E-state index in [0.29, 0.717) is 5.69 Å². The van der Waals surface area contributed by atoms with E-state index in [1.165, 1.54) is 17.2 Å². The molecule has 2 rings (SSSR count). The van der Waals surface area contributed by atoms with E-state index in [2.05, 4.69) is 10.3 Å². The van der Waals surface area contributed by atoms with Crippen molar-refractivity contribution in [2.24, 2.45) is 0 Å². The summed E-state index contributed by atoms with van der Waals surface area (Å²) in [4.78, 5) is 4.60. The van der Waals surface area contributed by atoms with Crippen molar-refractivity contribution in [3.8, 4) is 0 Å². The van der Waals surface area contributed by atoms with Crippen molar-refractivity contribution in [2.75, 3.05) is 11.6 Å². The molecule has 2 nitrogen and oxygen atoms in total. The molecule has 2 aromatic rings. The average molecular weight is 312 g/mol. The summed E-state index contributed by atoms with van der Waals surface area (Å²) in [5.41, 5.74) is 0.738. The number of thioether (sulfide) groups is 1. The lowest BCUT2D eigenvalue weighted by atomic mass is 10.1. The summed E-state index contributed by atoms with van der Waals surface area (Å²) >= 11 is 1.66. The fraction of sp³-hybridized carbons (Fsp3) is 0.267. The van der Waals surface area contributed by atoms with Crippen LogP contribution in [0.15, 0.2) is 47.5 Å². The van der Waals surface area contributed by atoms with Crippen LogP contribution in [0, 0.1) is 0 Å². The van der Waals surface area contributed by atoms with Gasteiger partial charge in [-0.15, -0.1) is 11.8 Å². The van der Waals surface area contributed by atoms with Crippen LogP contribution in [-0.2, 0) is 6.18 Å². The number of hydrogen-bond donors (Lipinski definition) is 1. The molecule has 6 heteroatoms. The molecule has 0 fully saturated rings. The molecule has 1 N–H and O–H groups in total. The molecule has 1 aromatic heterocycles. The lowest BCUT2D eigenvalue weighted by molar-refractivity contribution is -0.141. The molecule has 1 atom stereocenters. The van der Waals surface area contributed by atoms with Gasteiger partial charge in [-0.2, -0.15) is 13.2 Å². The van der Waals surface area contributed by atoms with Crippen LogP contribution < -0.4 is 5.32 Å². The quantitative estimate of drug-likeness (QED) is 0.805. The second-order valence-corrected chi connectivity index (χ2v) is 5.45. The molecule has 0 saturated carbocycles. The molecule has 0 bridgehead atoms. The van der Waals surface area contributed by atoms with E-state index >= 15 is 0 Å². The molecule has 0 aliphatic carbocycles. The lowest BCUT2D eigenvalue weighted by Gasteiger charge is -2.16. The van der Waals surface area contributed by atoms with Gasteiger partial charge in [-0.1, -0.05) is 12.1 Å². The molecular weight excluding hydrogens is 297 g/mol. The van der Waals surface area contributed by atoms with Crippen molar-refractivity contribution in [3.63, 3.8) is 0 Å². The first-order valence-electron chi connectivity index (χ1n) is 6.34. The summed E-state index contributed by atoms with van der Waals surface area (Å²) in [6.07, 6.45) is -1.20. The summed E-state index contributed by atoms with van der Waals surface area (Å²) in [6.45, 7) is 1.95. The van der Waals surface area contributed by atoms with Gasteiger partial charge in [0.1, 0.15) is 5.69 Å².